The Morgan fingerprint density at radius 2 is 2.06 bits per heavy atom. The van der Waals surface area contributed by atoms with Crippen molar-refractivity contribution in [1.29, 1.82) is 0 Å². The van der Waals surface area contributed by atoms with Gasteiger partial charge >= 0.3 is 0 Å². The minimum Gasteiger partial charge on any atom is -0.316 e. The van der Waals surface area contributed by atoms with E-state index in [9.17, 15) is 0 Å². The van der Waals surface area contributed by atoms with Gasteiger partial charge in [-0.1, -0.05) is 18.2 Å². The maximum Gasteiger partial charge on any atom is 0.0205 e. The molecule has 0 amide bonds. The Kier molecular flexibility index (Phi) is 2.94. The summed E-state index contributed by atoms with van der Waals surface area (Å²) in [5, 5.41) is 6.86. The minimum absolute atomic E-state index is 0.856. The SMILES string of the molecule is c1cc2c(cc1CNCC1CNC1)CCC2. The Morgan fingerprint density at radius 3 is 2.88 bits per heavy atom. The lowest BCUT2D eigenvalue weighted by Crippen LogP contribution is -2.47. The van der Waals surface area contributed by atoms with Crippen molar-refractivity contribution in [1.82, 2.24) is 10.6 Å². The Hall–Kier alpha value is -0.860. The summed E-state index contributed by atoms with van der Waals surface area (Å²) in [7, 11) is 0. The zero-order valence-corrected chi connectivity index (χ0v) is 9.76. The van der Waals surface area contributed by atoms with Crippen molar-refractivity contribution >= 4 is 0 Å². The lowest BCUT2D eigenvalue weighted by Gasteiger charge is -2.27. The molecular weight excluding hydrogens is 196 g/mol. The smallest absolute Gasteiger partial charge is 0.0205 e. The first-order valence-electron chi connectivity index (χ1n) is 6.44. The highest BCUT2D eigenvalue weighted by atomic mass is 15.0. The van der Waals surface area contributed by atoms with Crippen LogP contribution in [0.3, 0.4) is 0 Å². The van der Waals surface area contributed by atoms with E-state index in [1.165, 1.54) is 37.9 Å². The van der Waals surface area contributed by atoms with Gasteiger partial charge in [-0.3, -0.25) is 0 Å². The molecule has 2 aliphatic rings. The molecule has 1 fully saturated rings. The summed E-state index contributed by atoms with van der Waals surface area (Å²) in [6.07, 6.45) is 3.92. The van der Waals surface area contributed by atoms with Gasteiger partial charge in [0.1, 0.15) is 0 Å². The fraction of sp³-hybridized carbons (Fsp3) is 0.571. The van der Waals surface area contributed by atoms with Crippen molar-refractivity contribution in [2.24, 2.45) is 5.92 Å². The minimum atomic E-state index is 0.856. The van der Waals surface area contributed by atoms with Crippen LogP contribution in [0, 0.1) is 5.92 Å². The average molecular weight is 216 g/mol. The fourth-order valence-electron chi connectivity index (χ4n) is 2.65. The lowest BCUT2D eigenvalue weighted by molar-refractivity contribution is 0.331. The second kappa shape index (κ2) is 4.56. The van der Waals surface area contributed by atoms with Crippen molar-refractivity contribution in [3.63, 3.8) is 0 Å². The van der Waals surface area contributed by atoms with Crippen LogP contribution in [0.2, 0.25) is 0 Å². The zero-order chi connectivity index (χ0) is 10.8. The van der Waals surface area contributed by atoms with Gasteiger partial charge in [-0.2, -0.15) is 0 Å². The average Bonchev–Trinajstić information content (AvgIpc) is 2.68. The number of hydrogen-bond acceptors (Lipinski definition) is 2. The third-order valence-electron chi connectivity index (χ3n) is 3.79. The molecule has 0 bridgehead atoms. The van der Waals surface area contributed by atoms with Crippen molar-refractivity contribution in [2.45, 2.75) is 25.8 Å². The summed E-state index contributed by atoms with van der Waals surface area (Å²) in [6, 6.07) is 7.01. The van der Waals surface area contributed by atoms with Gasteiger partial charge in [0.2, 0.25) is 0 Å². The van der Waals surface area contributed by atoms with Crippen LogP contribution < -0.4 is 10.6 Å². The van der Waals surface area contributed by atoms with Gasteiger partial charge in [-0.25, -0.2) is 0 Å². The number of hydrogen-bond donors (Lipinski definition) is 2. The molecule has 1 heterocycles. The molecule has 0 spiro atoms. The molecule has 0 saturated carbocycles. The molecule has 1 aromatic carbocycles. The van der Waals surface area contributed by atoms with Crippen LogP contribution in [-0.4, -0.2) is 19.6 Å². The Balaban J connectivity index is 1.53. The standard InChI is InChI=1S/C14H20N2/c1-2-13-5-4-11(6-14(13)3-1)7-15-8-12-9-16-10-12/h4-6,12,15-16H,1-3,7-10H2. The highest BCUT2D eigenvalue weighted by molar-refractivity contribution is 5.35. The predicted molar refractivity (Wildman–Crippen MR) is 66.5 cm³/mol. The van der Waals surface area contributed by atoms with Gasteiger partial charge in [0, 0.05) is 26.2 Å². The van der Waals surface area contributed by atoms with Crippen LogP contribution >= 0.6 is 0 Å². The number of rotatable bonds is 4. The summed E-state index contributed by atoms with van der Waals surface area (Å²) in [5.74, 6) is 0.856. The third kappa shape index (κ3) is 2.13. The maximum absolute atomic E-state index is 3.55. The Bertz CT molecular complexity index is 369. The molecule has 0 unspecified atom stereocenters. The van der Waals surface area contributed by atoms with Crippen LogP contribution in [0.1, 0.15) is 23.1 Å². The molecule has 0 radical (unpaired) electrons. The zero-order valence-electron chi connectivity index (χ0n) is 9.76. The lowest BCUT2D eigenvalue weighted by atomic mass is 10.0. The van der Waals surface area contributed by atoms with E-state index in [1.54, 1.807) is 11.1 Å². The van der Waals surface area contributed by atoms with Crippen molar-refractivity contribution in [3.05, 3.63) is 34.9 Å². The van der Waals surface area contributed by atoms with E-state index >= 15 is 0 Å². The number of fused-ring (bicyclic) bond motifs is 1. The quantitative estimate of drug-likeness (QED) is 0.796. The Morgan fingerprint density at radius 1 is 1.19 bits per heavy atom. The molecule has 3 rings (SSSR count). The van der Waals surface area contributed by atoms with Crippen molar-refractivity contribution < 1.29 is 0 Å². The van der Waals surface area contributed by atoms with E-state index in [-0.39, 0.29) is 0 Å². The summed E-state index contributed by atoms with van der Waals surface area (Å²) in [5.41, 5.74) is 4.62. The predicted octanol–water partition coefficient (Wildman–Crippen LogP) is 1.48. The second-order valence-corrected chi connectivity index (χ2v) is 5.11. The molecule has 16 heavy (non-hydrogen) atoms. The molecule has 1 aromatic rings. The first-order valence-corrected chi connectivity index (χ1v) is 6.44. The highest BCUT2D eigenvalue weighted by Crippen LogP contribution is 2.22. The van der Waals surface area contributed by atoms with Crippen LogP contribution in [0.5, 0.6) is 0 Å². The third-order valence-corrected chi connectivity index (χ3v) is 3.79. The number of nitrogens with one attached hydrogen (secondary N) is 2. The number of benzene rings is 1. The summed E-state index contributed by atoms with van der Waals surface area (Å²) >= 11 is 0. The molecule has 2 N–H and O–H groups in total. The van der Waals surface area contributed by atoms with E-state index in [2.05, 4.69) is 28.8 Å². The van der Waals surface area contributed by atoms with Gasteiger partial charge in [-0.15, -0.1) is 0 Å². The van der Waals surface area contributed by atoms with Gasteiger partial charge in [0.05, 0.1) is 0 Å². The van der Waals surface area contributed by atoms with E-state index < -0.39 is 0 Å². The largest absolute Gasteiger partial charge is 0.316 e. The Labute approximate surface area is 97.4 Å². The topological polar surface area (TPSA) is 24.1 Å². The maximum atomic E-state index is 3.55. The van der Waals surface area contributed by atoms with Gasteiger partial charge in [0.25, 0.3) is 0 Å². The van der Waals surface area contributed by atoms with E-state index in [4.69, 9.17) is 0 Å². The van der Waals surface area contributed by atoms with Crippen LogP contribution in [0.4, 0.5) is 0 Å². The van der Waals surface area contributed by atoms with Crippen molar-refractivity contribution in [2.75, 3.05) is 19.6 Å². The molecule has 2 nitrogen and oxygen atoms in total. The van der Waals surface area contributed by atoms with E-state index in [0.29, 0.717) is 0 Å². The molecular formula is C14H20N2. The summed E-state index contributed by atoms with van der Waals surface area (Å²) in [6.45, 7) is 4.57. The molecule has 1 aliphatic carbocycles. The molecule has 1 saturated heterocycles. The van der Waals surface area contributed by atoms with Gasteiger partial charge < -0.3 is 10.6 Å². The summed E-state index contributed by atoms with van der Waals surface area (Å²) in [4.78, 5) is 0. The number of aryl methyl sites for hydroxylation is 2. The van der Waals surface area contributed by atoms with E-state index in [1.807, 2.05) is 0 Å². The first-order chi connectivity index (χ1) is 7.92. The monoisotopic (exact) mass is 216 g/mol. The fourth-order valence-corrected chi connectivity index (χ4v) is 2.65. The van der Waals surface area contributed by atoms with Crippen LogP contribution in [0.25, 0.3) is 0 Å². The second-order valence-electron chi connectivity index (χ2n) is 5.11. The van der Waals surface area contributed by atoms with Crippen LogP contribution in [-0.2, 0) is 19.4 Å². The molecule has 0 atom stereocenters. The highest BCUT2D eigenvalue weighted by Gasteiger charge is 2.15. The molecule has 86 valence electrons. The molecule has 1 aliphatic heterocycles. The van der Waals surface area contributed by atoms with E-state index in [0.717, 1.165) is 19.0 Å². The van der Waals surface area contributed by atoms with Gasteiger partial charge in [-0.05, 0) is 41.9 Å². The normalized spacial score (nSPS) is 19.5. The molecule has 2 heteroatoms. The van der Waals surface area contributed by atoms with Crippen LogP contribution in [0.15, 0.2) is 18.2 Å². The first kappa shape index (κ1) is 10.3. The van der Waals surface area contributed by atoms with Crippen molar-refractivity contribution in [3.8, 4) is 0 Å². The summed E-state index contributed by atoms with van der Waals surface area (Å²) < 4.78 is 0. The van der Waals surface area contributed by atoms with Gasteiger partial charge in [0.15, 0.2) is 0 Å². The molecule has 0 aromatic heterocycles.